The number of hydrogen-bond donors (Lipinski definition) is 2. The monoisotopic (exact) mass is 338 g/mol. The van der Waals surface area contributed by atoms with Gasteiger partial charge in [0, 0.05) is 24.4 Å². The Bertz CT molecular complexity index is 942. The molecule has 0 aliphatic heterocycles. The van der Waals surface area contributed by atoms with Crippen LogP contribution in [0, 0.1) is 11.3 Å². The Morgan fingerprint density at radius 2 is 1.96 bits per heavy atom. The summed E-state index contributed by atoms with van der Waals surface area (Å²) >= 11 is 1.41. The summed E-state index contributed by atoms with van der Waals surface area (Å²) in [6, 6.07) is 11.2. The van der Waals surface area contributed by atoms with Crippen LogP contribution in [0.3, 0.4) is 0 Å². The summed E-state index contributed by atoms with van der Waals surface area (Å²) in [5, 5.41) is 20.3. The molecule has 3 aromatic rings. The van der Waals surface area contributed by atoms with E-state index < -0.39 is 0 Å². The van der Waals surface area contributed by atoms with E-state index in [1.807, 2.05) is 18.4 Å². The second-order valence-corrected chi connectivity index (χ2v) is 5.74. The first-order valence-corrected chi connectivity index (χ1v) is 8.31. The summed E-state index contributed by atoms with van der Waals surface area (Å²) in [6.45, 7) is 1.46. The number of carbonyl (C=O) groups is 1. The van der Waals surface area contributed by atoms with E-state index in [1.165, 1.54) is 18.7 Å². The van der Waals surface area contributed by atoms with Crippen LogP contribution in [-0.2, 0) is 4.79 Å². The van der Waals surface area contributed by atoms with Crippen molar-refractivity contribution in [2.24, 2.45) is 0 Å². The Kier molecular flexibility index (Phi) is 4.35. The molecule has 2 heterocycles. The van der Waals surface area contributed by atoms with Gasteiger partial charge in [0.05, 0.1) is 6.20 Å². The van der Waals surface area contributed by atoms with E-state index in [2.05, 4.69) is 26.8 Å². The highest BCUT2D eigenvalue weighted by Gasteiger charge is 2.15. The fourth-order valence-corrected chi connectivity index (χ4v) is 2.79. The van der Waals surface area contributed by atoms with Gasteiger partial charge in [0.25, 0.3) is 0 Å². The molecule has 0 saturated carbocycles. The first-order valence-electron chi connectivity index (χ1n) is 7.09. The molecular weight excluding hydrogens is 324 g/mol. The minimum Gasteiger partial charge on any atom is -0.339 e. The highest BCUT2D eigenvalue weighted by molar-refractivity contribution is 7.98. The van der Waals surface area contributed by atoms with Crippen LogP contribution in [-0.4, -0.2) is 26.8 Å². The van der Waals surface area contributed by atoms with Crippen molar-refractivity contribution in [2.75, 3.05) is 16.9 Å². The molecule has 7 nitrogen and oxygen atoms in total. The number of aromatic nitrogens is 3. The second kappa shape index (κ2) is 6.60. The van der Waals surface area contributed by atoms with E-state index in [4.69, 9.17) is 0 Å². The molecule has 1 aromatic carbocycles. The van der Waals surface area contributed by atoms with Gasteiger partial charge >= 0.3 is 0 Å². The molecule has 2 aromatic heterocycles. The standard InChI is InChI=1S/C16H14N6OS/c1-10(23)19-11-3-5-12(6-4-11)20-15-13(9-17)16(24-2)21-14-7-8-18-22(14)15/h3-8,20H,1-2H3,(H,19,23). The van der Waals surface area contributed by atoms with Crippen LogP contribution in [0.15, 0.2) is 41.6 Å². The molecule has 8 heteroatoms. The van der Waals surface area contributed by atoms with Crippen molar-refractivity contribution in [3.8, 4) is 6.07 Å². The zero-order chi connectivity index (χ0) is 17.1. The number of thioether (sulfide) groups is 1. The van der Waals surface area contributed by atoms with Crippen LogP contribution < -0.4 is 10.6 Å². The van der Waals surface area contributed by atoms with E-state index in [-0.39, 0.29) is 5.91 Å². The largest absolute Gasteiger partial charge is 0.339 e. The van der Waals surface area contributed by atoms with Crippen LogP contribution >= 0.6 is 11.8 Å². The Labute approximate surface area is 142 Å². The number of nitrogens with zero attached hydrogens (tertiary/aromatic N) is 4. The van der Waals surface area contributed by atoms with Gasteiger partial charge in [0.2, 0.25) is 5.91 Å². The molecule has 0 radical (unpaired) electrons. The summed E-state index contributed by atoms with van der Waals surface area (Å²) in [5.74, 6) is 0.434. The molecule has 0 aliphatic rings. The number of nitriles is 1. The molecule has 2 N–H and O–H groups in total. The number of anilines is 3. The summed E-state index contributed by atoms with van der Waals surface area (Å²) in [5.41, 5.74) is 2.58. The lowest BCUT2D eigenvalue weighted by Gasteiger charge is -2.12. The van der Waals surface area contributed by atoms with Crippen LogP contribution in [0.5, 0.6) is 0 Å². The number of fused-ring (bicyclic) bond motifs is 1. The predicted molar refractivity (Wildman–Crippen MR) is 93.5 cm³/mol. The van der Waals surface area contributed by atoms with Gasteiger partial charge in [0.15, 0.2) is 11.5 Å². The molecular formula is C16H14N6OS. The molecule has 0 atom stereocenters. The summed E-state index contributed by atoms with van der Waals surface area (Å²) in [7, 11) is 0. The maximum atomic E-state index is 11.1. The van der Waals surface area contributed by atoms with Gasteiger partial charge in [-0.15, -0.1) is 11.8 Å². The van der Waals surface area contributed by atoms with Crippen molar-refractivity contribution in [3.05, 3.63) is 42.1 Å². The van der Waals surface area contributed by atoms with E-state index in [0.717, 1.165) is 5.69 Å². The lowest BCUT2D eigenvalue weighted by atomic mass is 10.2. The van der Waals surface area contributed by atoms with E-state index >= 15 is 0 Å². The summed E-state index contributed by atoms with van der Waals surface area (Å²) < 4.78 is 1.60. The molecule has 1 amide bonds. The van der Waals surface area contributed by atoms with E-state index in [9.17, 15) is 10.1 Å². The number of rotatable bonds is 4. The lowest BCUT2D eigenvalue weighted by Crippen LogP contribution is -2.07. The molecule has 120 valence electrons. The van der Waals surface area contributed by atoms with E-state index in [1.54, 1.807) is 28.9 Å². The van der Waals surface area contributed by atoms with Gasteiger partial charge < -0.3 is 10.6 Å². The number of hydrogen-bond acceptors (Lipinski definition) is 6. The minimum absolute atomic E-state index is 0.125. The van der Waals surface area contributed by atoms with Gasteiger partial charge in [-0.2, -0.15) is 14.9 Å². The third kappa shape index (κ3) is 3.02. The normalized spacial score (nSPS) is 10.4. The topological polar surface area (TPSA) is 95.1 Å². The van der Waals surface area contributed by atoms with Gasteiger partial charge in [-0.1, -0.05) is 0 Å². The van der Waals surface area contributed by atoms with Gasteiger partial charge in [0.1, 0.15) is 16.7 Å². The lowest BCUT2D eigenvalue weighted by molar-refractivity contribution is -0.114. The van der Waals surface area contributed by atoms with Crippen molar-refractivity contribution >= 4 is 40.5 Å². The van der Waals surface area contributed by atoms with Crippen LogP contribution in [0.1, 0.15) is 12.5 Å². The summed E-state index contributed by atoms with van der Waals surface area (Å²) in [4.78, 5) is 15.5. The second-order valence-electron chi connectivity index (χ2n) is 4.94. The van der Waals surface area contributed by atoms with Crippen LogP contribution in [0.25, 0.3) is 5.65 Å². The molecule has 0 spiro atoms. The average molecular weight is 338 g/mol. The molecule has 0 fully saturated rings. The van der Waals surface area contributed by atoms with Crippen molar-refractivity contribution in [2.45, 2.75) is 11.9 Å². The minimum atomic E-state index is -0.125. The fraction of sp³-hybridized carbons (Fsp3) is 0.125. The maximum Gasteiger partial charge on any atom is 0.221 e. The number of nitrogens with one attached hydrogen (secondary N) is 2. The highest BCUT2D eigenvalue weighted by atomic mass is 32.2. The predicted octanol–water partition coefficient (Wildman–Crippen LogP) is 3.02. The molecule has 0 unspecified atom stereocenters. The quantitative estimate of drug-likeness (QED) is 0.561. The summed E-state index contributed by atoms with van der Waals surface area (Å²) in [6.07, 6.45) is 3.51. The maximum absolute atomic E-state index is 11.1. The molecule has 24 heavy (non-hydrogen) atoms. The van der Waals surface area contributed by atoms with Gasteiger partial charge in [-0.05, 0) is 30.5 Å². The number of carbonyl (C=O) groups excluding carboxylic acids is 1. The fourth-order valence-electron chi connectivity index (χ4n) is 2.26. The third-order valence-electron chi connectivity index (χ3n) is 3.27. The van der Waals surface area contributed by atoms with E-state index in [0.29, 0.717) is 27.7 Å². The first kappa shape index (κ1) is 15.8. The Balaban J connectivity index is 2.01. The molecule has 0 saturated heterocycles. The SMILES string of the molecule is CSc1nc2ccnn2c(Nc2ccc(NC(C)=O)cc2)c1C#N. The molecule has 3 rings (SSSR count). The zero-order valence-electron chi connectivity index (χ0n) is 13.1. The Morgan fingerprint density at radius 1 is 1.25 bits per heavy atom. The van der Waals surface area contributed by atoms with Crippen molar-refractivity contribution in [3.63, 3.8) is 0 Å². The van der Waals surface area contributed by atoms with Crippen LogP contribution in [0.2, 0.25) is 0 Å². The molecule has 0 aliphatic carbocycles. The third-order valence-corrected chi connectivity index (χ3v) is 3.96. The highest BCUT2D eigenvalue weighted by Crippen LogP contribution is 2.28. The first-order chi connectivity index (χ1) is 11.6. The average Bonchev–Trinajstić information content (AvgIpc) is 3.04. The number of benzene rings is 1. The number of amides is 1. The van der Waals surface area contributed by atoms with Gasteiger partial charge in [-0.3, -0.25) is 4.79 Å². The smallest absolute Gasteiger partial charge is 0.221 e. The van der Waals surface area contributed by atoms with Gasteiger partial charge in [-0.25, -0.2) is 4.98 Å². The van der Waals surface area contributed by atoms with Crippen molar-refractivity contribution in [1.82, 2.24) is 14.6 Å². The van der Waals surface area contributed by atoms with Crippen molar-refractivity contribution in [1.29, 1.82) is 5.26 Å². The van der Waals surface area contributed by atoms with Crippen molar-refractivity contribution < 1.29 is 4.79 Å². The Hall–Kier alpha value is -3.05. The Morgan fingerprint density at radius 3 is 2.58 bits per heavy atom. The molecule has 0 bridgehead atoms. The van der Waals surface area contributed by atoms with Crippen LogP contribution in [0.4, 0.5) is 17.2 Å². The zero-order valence-corrected chi connectivity index (χ0v) is 13.9.